The van der Waals surface area contributed by atoms with Crippen LogP contribution in [0.2, 0.25) is 0 Å². The van der Waals surface area contributed by atoms with Gasteiger partial charge in [-0.1, -0.05) is 26.0 Å². The van der Waals surface area contributed by atoms with E-state index in [1.165, 1.54) is 10.9 Å². The maximum absolute atomic E-state index is 12.0. The van der Waals surface area contributed by atoms with Gasteiger partial charge in [0, 0.05) is 22.4 Å². The standard InChI is InChI=1S/C15H17NO2S/c1-15(2,13-7-4-8-19-13)10-16-14(18)11-5-3-6-12(17)9-11/h3-9,17H,10H2,1-2H3,(H,16,18). The first-order valence-electron chi connectivity index (χ1n) is 6.10. The van der Waals surface area contributed by atoms with E-state index in [-0.39, 0.29) is 17.1 Å². The Balaban J connectivity index is 2.01. The summed E-state index contributed by atoms with van der Waals surface area (Å²) < 4.78 is 0. The van der Waals surface area contributed by atoms with Gasteiger partial charge in [-0.25, -0.2) is 0 Å². The minimum atomic E-state index is -0.166. The van der Waals surface area contributed by atoms with E-state index in [9.17, 15) is 9.90 Å². The molecule has 0 spiro atoms. The predicted molar refractivity (Wildman–Crippen MR) is 77.8 cm³/mol. The highest BCUT2D eigenvalue weighted by molar-refractivity contribution is 7.10. The topological polar surface area (TPSA) is 49.3 Å². The van der Waals surface area contributed by atoms with Crippen LogP contribution in [0.3, 0.4) is 0 Å². The molecular formula is C15H17NO2S. The molecule has 19 heavy (non-hydrogen) atoms. The van der Waals surface area contributed by atoms with E-state index in [1.807, 2.05) is 11.4 Å². The van der Waals surface area contributed by atoms with Crippen LogP contribution >= 0.6 is 11.3 Å². The van der Waals surface area contributed by atoms with Gasteiger partial charge in [-0.15, -0.1) is 11.3 Å². The lowest BCUT2D eigenvalue weighted by Crippen LogP contribution is -2.36. The number of nitrogens with one attached hydrogen (secondary N) is 1. The quantitative estimate of drug-likeness (QED) is 0.900. The third kappa shape index (κ3) is 3.35. The van der Waals surface area contributed by atoms with E-state index in [0.717, 1.165) is 0 Å². The Labute approximate surface area is 116 Å². The number of phenolic OH excluding ortho intramolecular Hbond substituents is 1. The fraction of sp³-hybridized carbons (Fsp3) is 0.267. The largest absolute Gasteiger partial charge is 0.508 e. The second-order valence-electron chi connectivity index (χ2n) is 5.09. The van der Waals surface area contributed by atoms with Gasteiger partial charge in [0.25, 0.3) is 5.91 Å². The molecule has 100 valence electrons. The summed E-state index contributed by atoms with van der Waals surface area (Å²) in [6, 6.07) is 10.5. The normalized spacial score (nSPS) is 11.3. The number of phenols is 1. The summed E-state index contributed by atoms with van der Waals surface area (Å²) >= 11 is 1.69. The molecule has 0 aliphatic rings. The van der Waals surface area contributed by atoms with Crippen molar-refractivity contribution in [2.45, 2.75) is 19.3 Å². The van der Waals surface area contributed by atoms with Gasteiger partial charge in [0.05, 0.1) is 0 Å². The van der Waals surface area contributed by atoms with E-state index < -0.39 is 0 Å². The third-order valence-electron chi connectivity index (χ3n) is 2.99. The monoisotopic (exact) mass is 275 g/mol. The first-order chi connectivity index (χ1) is 8.99. The summed E-state index contributed by atoms with van der Waals surface area (Å²) in [5.41, 5.74) is 0.377. The number of benzene rings is 1. The average Bonchev–Trinajstić information content (AvgIpc) is 2.90. The van der Waals surface area contributed by atoms with Crippen LogP contribution in [0, 0.1) is 0 Å². The fourth-order valence-corrected chi connectivity index (χ4v) is 2.65. The SMILES string of the molecule is CC(C)(CNC(=O)c1cccc(O)c1)c1cccs1. The molecular weight excluding hydrogens is 258 g/mol. The molecule has 0 radical (unpaired) electrons. The Morgan fingerprint density at radius 1 is 1.32 bits per heavy atom. The van der Waals surface area contributed by atoms with Crippen molar-refractivity contribution in [3.05, 3.63) is 52.2 Å². The number of aromatic hydroxyl groups is 1. The minimum Gasteiger partial charge on any atom is -0.508 e. The zero-order chi connectivity index (χ0) is 13.9. The molecule has 0 saturated carbocycles. The maximum atomic E-state index is 12.0. The summed E-state index contributed by atoms with van der Waals surface area (Å²) in [7, 11) is 0. The lowest BCUT2D eigenvalue weighted by molar-refractivity contribution is 0.0945. The number of amides is 1. The minimum absolute atomic E-state index is 0.0966. The summed E-state index contributed by atoms with van der Waals surface area (Å²) in [6.07, 6.45) is 0. The fourth-order valence-electron chi connectivity index (χ4n) is 1.80. The van der Waals surface area contributed by atoms with Crippen LogP contribution in [0.25, 0.3) is 0 Å². The van der Waals surface area contributed by atoms with Crippen LogP contribution in [-0.4, -0.2) is 17.6 Å². The zero-order valence-corrected chi connectivity index (χ0v) is 11.8. The first kappa shape index (κ1) is 13.6. The molecule has 1 heterocycles. The lowest BCUT2D eigenvalue weighted by Gasteiger charge is -2.23. The molecule has 1 aromatic heterocycles. The van der Waals surface area contributed by atoms with Crippen LogP contribution in [0.1, 0.15) is 29.1 Å². The average molecular weight is 275 g/mol. The van der Waals surface area contributed by atoms with Crippen molar-refractivity contribution in [2.24, 2.45) is 0 Å². The summed E-state index contributed by atoms with van der Waals surface area (Å²) in [6.45, 7) is 4.76. The summed E-state index contributed by atoms with van der Waals surface area (Å²) in [4.78, 5) is 13.2. The van der Waals surface area contributed by atoms with Crippen molar-refractivity contribution in [2.75, 3.05) is 6.54 Å². The number of hydrogen-bond donors (Lipinski definition) is 2. The molecule has 0 unspecified atom stereocenters. The summed E-state index contributed by atoms with van der Waals surface area (Å²) in [5, 5.41) is 14.3. The molecule has 2 N–H and O–H groups in total. The second kappa shape index (κ2) is 5.45. The van der Waals surface area contributed by atoms with Crippen molar-refractivity contribution in [3.63, 3.8) is 0 Å². The van der Waals surface area contributed by atoms with Crippen molar-refractivity contribution in [3.8, 4) is 5.75 Å². The highest BCUT2D eigenvalue weighted by Crippen LogP contribution is 2.26. The molecule has 1 aromatic carbocycles. The highest BCUT2D eigenvalue weighted by Gasteiger charge is 2.22. The van der Waals surface area contributed by atoms with E-state index in [4.69, 9.17) is 0 Å². The predicted octanol–water partition coefficient (Wildman–Crippen LogP) is 3.16. The molecule has 3 nitrogen and oxygen atoms in total. The van der Waals surface area contributed by atoms with Gasteiger partial charge < -0.3 is 10.4 Å². The number of rotatable bonds is 4. The Hall–Kier alpha value is -1.81. The number of thiophene rings is 1. The molecule has 0 aliphatic heterocycles. The van der Waals surface area contributed by atoms with Gasteiger partial charge in [0.1, 0.15) is 5.75 Å². The number of hydrogen-bond acceptors (Lipinski definition) is 3. The third-order valence-corrected chi connectivity index (χ3v) is 4.22. The van der Waals surface area contributed by atoms with Crippen molar-refractivity contribution >= 4 is 17.2 Å². The van der Waals surface area contributed by atoms with E-state index >= 15 is 0 Å². The Morgan fingerprint density at radius 2 is 2.11 bits per heavy atom. The molecule has 4 heteroatoms. The van der Waals surface area contributed by atoms with E-state index in [0.29, 0.717) is 12.1 Å². The van der Waals surface area contributed by atoms with E-state index in [2.05, 4.69) is 25.2 Å². The molecule has 0 aliphatic carbocycles. The molecule has 1 amide bonds. The van der Waals surface area contributed by atoms with Crippen LogP contribution < -0.4 is 5.32 Å². The van der Waals surface area contributed by atoms with Crippen LogP contribution in [-0.2, 0) is 5.41 Å². The van der Waals surface area contributed by atoms with Crippen molar-refractivity contribution < 1.29 is 9.90 Å². The van der Waals surface area contributed by atoms with Gasteiger partial charge in [0.2, 0.25) is 0 Å². The van der Waals surface area contributed by atoms with Crippen LogP contribution in [0.4, 0.5) is 0 Å². The molecule has 2 aromatic rings. The van der Waals surface area contributed by atoms with Crippen LogP contribution in [0.5, 0.6) is 5.75 Å². The second-order valence-corrected chi connectivity index (χ2v) is 6.04. The molecule has 0 saturated heterocycles. The molecule has 0 fully saturated rings. The Kier molecular flexibility index (Phi) is 3.90. The Bertz CT molecular complexity index is 561. The Morgan fingerprint density at radius 3 is 2.74 bits per heavy atom. The van der Waals surface area contributed by atoms with Gasteiger partial charge in [-0.2, -0.15) is 0 Å². The lowest BCUT2D eigenvalue weighted by atomic mass is 9.91. The summed E-state index contributed by atoms with van der Waals surface area (Å²) in [5.74, 6) is -0.0642. The van der Waals surface area contributed by atoms with Crippen molar-refractivity contribution in [1.82, 2.24) is 5.32 Å². The zero-order valence-electron chi connectivity index (χ0n) is 11.0. The molecule has 0 bridgehead atoms. The molecule has 2 rings (SSSR count). The van der Waals surface area contributed by atoms with Crippen LogP contribution in [0.15, 0.2) is 41.8 Å². The van der Waals surface area contributed by atoms with Crippen molar-refractivity contribution in [1.29, 1.82) is 0 Å². The van der Waals surface area contributed by atoms with Gasteiger partial charge in [-0.3, -0.25) is 4.79 Å². The van der Waals surface area contributed by atoms with Gasteiger partial charge in [0.15, 0.2) is 0 Å². The van der Waals surface area contributed by atoms with Gasteiger partial charge in [-0.05, 0) is 29.6 Å². The smallest absolute Gasteiger partial charge is 0.251 e. The first-order valence-corrected chi connectivity index (χ1v) is 6.98. The van der Waals surface area contributed by atoms with Gasteiger partial charge >= 0.3 is 0 Å². The number of carbonyl (C=O) groups is 1. The van der Waals surface area contributed by atoms with E-state index in [1.54, 1.807) is 29.5 Å². The number of carbonyl (C=O) groups excluding carboxylic acids is 1. The molecule has 0 atom stereocenters. The maximum Gasteiger partial charge on any atom is 0.251 e. The highest BCUT2D eigenvalue weighted by atomic mass is 32.1.